The van der Waals surface area contributed by atoms with Crippen LogP contribution >= 0.6 is 0 Å². The molecule has 0 spiro atoms. The number of H-pyrrole nitrogens is 4. The maximum absolute atomic E-state index is 13.3. The van der Waals surface area contributed by atoms with Crippen LogP contribution in [0.25, 0.3) is 22.9 Å². The van der Waals surface area contributed by atoms with Crippen molar-refractivity contribution in [3.63, 3.8) is 0 Å². The average molecular weight is 642 g/mol. The van der Waals surface area contributed by atoms with Gasteiger partial charge in [-0.25, -0.2) is 4.79 Å². The van der Waals surface area contributed by atoms with Gasteiger partial charge >= 0.3 is 5.97 Å². The smallest absolute Gasteiger partial charge is 0.328 e. The molecule has 0 saturated heterocycles. The molecular weight excluding hydrogens is 606 g/mol. The highest BCUT2D eigenvalue weighted by Crippen LogP contribution is 2.23. The average Bonchev–Trinajstić information content (AvgIpc) is 3.98. The monoisotopic (exact) mass is 641 g/mol. The van der Waals surface area contributed by atoms with Gasteiger partial charge in [-0.2, -0.15) is 0 Å². The van der Waals surface area contributed by atoms with Gasteiger partial charge in [0.2, 0.25) is 0 Å². The minimum absolute atomic E-state index is 0.343. The molecule has 8 rings (SSSR count). The molecule has 5 heterocycles. The Labute approximate surface area is 283 Å². The van der Waals surface area contributed by atoms with Crippen molar-refractivity contribution >= 4 is 28.9 Å². The number of ether oxygens (including phenoxy) is 1. The lowest BCUT2D eigenvalue weighted by Crippen LogP contribution is -2.41. The van der Waals surface area contributed by atoms with E-state index in [2.05, 4.69) is 104 Å². The second kappa shape index (κ2) is 13.0. The number of nitrogens with one attached hydrogen (secondary N) is 5. The molecule has 1 atom stereocenters. The normalized spacial score (nSPS) is 13.1. The number of aromatic amines is 4. The van der Waals surface area contributed by atoms with E-state index in [0.717, 1.165) is 77.7 Å². The van der Waals surface area contributed by atoms with Crippen LogP contribution in [0.2, 0.25) is 0 Å². The third-order valence-electron chi connectivity index (χ3n) is 8.93. The van der Waals surface area contributed by atoms with Crippen LogP contribution in [0.15, 0.2) is 140 Å². The van der Waals surface area contributed by atoms with Crippen LogP contribution in [0.5, 0.6) is 0 Å². The highest BCUT2D eigenvalue weighted by atomic mass is 16.5. The van der Waals surface area contributed by atoms with Crippen LogP contribution in [0.1, 0.15) is 39.5 Å². The van der Waals surface area contributed by atoms with E-state index >= 15 is 0 Å². The summed E-state index contributed by atoms with van der Waals surface area (Å²) in [7, 11) is 1.43. The number of rotatable bonds is 7. The summed E-state index contributed by atoms with van der Waals surface area (Å²) in [6.45, 7) is 0. The molecule has 0 radical (unpaired) electrons. The van der Waals surface area contributed by atoms with Gasteiger partial charge in [0.1, 0.15) is 6.04 Å². The summed E-state index contributed by atoms with van der Waals surface area (Å²) in [4.78, 5) is 28.0. The standard InChI is InChI=1S/C42H35N5O2/c1-49-42(48)38(25-27-11-5-2-6-12-27)47-41-36-23-21-34(45-36)39(28-13-7-3-8-14-28)32-19-17-30(43-32)26-31-18-20-33(44-31)40(29-15-9-4-10-16-29)35-22-24-37(41)46-35/h2-24,26,38,43-47H,25H2,1H3. The number of methoxy groups -OCH3 is 1. The highest BCUT2D eigenvalue weighted by Gasteiger charge is 2.23. The van der Waals surface area contributed by atoms with Gasteiger partial charge in [-0.05, 0) is 71.3 Å². The van der Waals surface area contributed by atoms with Crippen molar-refractivity contribution in [2.24, 2.45) is 0 Å². The number of hydrogen-bond acceptors (Lipinski definition) is 3. The molecule has 8 bridgehead atoms. The minimum Gasteiger partial charge on any atom is -0.467 e. The first-order valence-corrected chi connectivity index (χ1v) is 16.4. The summed E-state index contributed by atoms with van der Waals surface area (Å²) in [5.41, 5.74) is 9.71. The predicted molar refractivity (Wildman–Crippen MR) is 193 cm³/mol. The van der Waals surface area contributed by atoms with E-state index in [1.54, 1.807) is 0 Å². The molecule has 7 aromatic rings. The van der Waals surface area contributed by atoms with E-state index < -0.39 is 6.04 Å². The topological polar surface area (TPSA) is 101 Å². The highest BCUT2D eigenvalue weighted by molar-refractivity contribution is 5.81. The SMILES string of the molecule is COC(=O)C(Cc1ccccc1)NC1=c2ccc([nH]2)=C(c2ccccc2)c2ccc([nH]2)C=c2ccc([nH]2)=C(c2ccccc2)c2ccc1[nH]2. The van der Waals surface area contributed by atoms with E-state index in [1.807, 2.05) is 66.7 Å². The predicted octanol–water partition coefficient (Wildman–Crippen LogP) is 4.17. The maximum atomic E-state index is 13.3. The Morgan fingerprint density at radius 2 is 1.16 bits per heavy atom. The van der Waals surface area contributed by atoms with Gasteiger partial charge in [0.05, 0.1) is 23.8 Å². The molecule has 240 valence electrons. The van der Waals surface area contributed by atoms with E-state index in [-0.39, 0.29) is 5.97 Å². The molecular formula is C42H35N5O2. The fraction of sp³-hybridized carbons (Fsp3) is 0.0714. The summed E-state index contributed by atoms with van der Waals surface area (Å²) in [6, 6.07) is 46.8. The summed E-state index contributed by atoms with van der Waals surface area (Å²) in [6.07, 6.45) is 2.58. The van der Waals surface area contributed by atoms with Gasteiger partial charge in [-0.3, -0.25) is 0 Å². The van der Waals surface area contributed by atoms with E-state index in [0.29, 0.717) is 6.42 Å². The number of fused-ring (bicyclic) bond motifs is 8. The first kappa shape index (κ1) is 29.9. The van der Waals surface area contributed by atoms with E-state index in [9.17, 15) is 4.79 Å². The number of carbonyl (C=O) groups excluding carboxylic acids is 1. The Morgan fingerprint density at radius 3 is 1.86 bits per heavy atom. The first-order chi connectivity index (χ1) is 24.1. The summed E-state index contributed by atoms with van der Waals surface area (Å²) in [5.74, 6) is -0.343. The molecule has 1 unspecified atom stereocenters. The number of esters is 1. The van der Waals surface area contributed by atoms with E-state index in [1.165, 1.54) is 7.11 Å². The van der Waals surface area contributed by atoms with Crippen molar-refractivity contribution < 1.29 is 9.53 Å². The van der Waals surface area contributed by atoms with Gasteiger partial charge in [-0.15, -0.1) is 0 Å². The molecule has 1 aliphatic heterocycles. The first-order valence-electron chi connectivity index (χ1n) is 16.4. The van der Waals surface area contributed by atoms with Crippen LogP contribution < -0.4 is 26.7 Å². The third-order valence-corrected chi connectivity index (χ3v) is 8.93. The lowest BCUT2D eigenvalue weighted by molar-refractivity contribution is -0.142. The van der Waals surface area contributed by atoms with Crippen molar-refractivity contribution in [2.75, 3.05) is 7.11 Å². The van der Waals surface area contributed by atoms with Crippen molar-refractivity contribution in [1.82, 2.24) is 25.3 Å². The van der Waals surface area contributed by atoms with Gasteiger partial charge < -0.3 is 30.0 Å². The summed E-state index contributed by atoms with van der Waals surface area (Å²) in [5, 5.41) is 7.32. The second-order valence-electron chi connectivity index (χ2n) is 12.1. The molecule has 7 heteroatoms. The number of aromatic nitrogens is 4. The van der Waals surface area contributed by atoms with E-state index in [4.69, 9.17) is 4.74 Å². The Morgan fingerprint density at radius 1 is 0.592 bits per heavy atom. The molecule has 4 aromatic heterocycles. The van der Waals surface area contributed by atoms with Crippen LogP contribution in [0, 0.1) is 0 Å². The minimum atomic E-state index is -0.644. The quantitative estimate of drug-likeness (QED) is 0.169. The molecule has 3 aromatic carbocycles. The molecule has 1 aliphatic rings. The number of carbonyl (C=O) groups is 1. The molecule has 0 amide bonds. The molecule has 0 fully saturated rings. The maximum Gasteiger partial charge on any atom is 0.328 e. The molecule has 0 aliphatic carbocycles. The number of benzene rings is 3. The Kier molecular flexibility index (Phi) is 7.91. The fourth-order valence-electron chi connectivity index (χ4n) is 6.61. The zero-order chi connectivity index (χ0) is 33.2. The second-order valence-corrected chi connectivity index (χ2v) is 12.1. The zero-order valence-corrected chi connectivity index (χ0v) is 27.0. The number of hydrogen-bond donors (Lipinski definition) is 5. The van der Waals surface area contributed by atoms with Gasteiger partial charge in [0.15, 0.2) is 0 Å². The van der Waals surface area contributed by atoms with Crippen molar-refractivity contribution in [1.29, 1.82) is 0 Å². The molecule has 5 N–H and O–H groups in total. The largest absolute Gasteiger partial charge is 0.467 e. The van der Waals surface area contributed by atoms with Crippen LogP contribution in [0.3, 0.4) is 0 Å². The van der Waals surface area contributed by atoms with Gasteiger partial charge in [0.25, 0.3) is 0 Å². The Balaban J connectivity index is 1.41. The van der Waals surface area contributed by atoms with Crippen LogP contribution in [0.4, 0.5) is 0 Å². The third kappa shape index (κ3) is 6.05. The Hall–Kier alpha value is -6.47. The fourth-order valence-corrected chi connectivity index (χ4v) is 6.61. The lowest BCUT2D eigenvalue weighted by Gasteiger charge is -2.19. The summed E-state index contributed by atoms with van der Waals surface area (Å²) < 4.78 is 5.32. The van der Waals surface area contributed by atoms with Crippen LogP contribution in [-0.4, -0.2) is 39.1 Å². The lowest BCUT2D eigenvalue weighted by atomic mass is 10.0. The molecule has 7 nitrogen and oxygen atoms in total. The van der Waals surface area contributed by atoms with Crippen molar-refractivity contribution in [3.8, 4) is 0 Å². The van der Waals surface area contributed by atoms with Gasteiger partial charge in [-0.1, -0.05) is 91.0 Å². The Bertz CT molecular complexity index is 2500. The summed E-state index contributed by atoms with van der Waals surface area (Å²) >= 11 is 0. The van der Waals surface area contributed by atoms with Crippen molar-refractivity contribution in [2.45, 2.75) is 12.5 Å². The van der Waals surface area contributed by atoms with Gasteiger partial charge in [0, 0.05) is 50.7 Å². The molecule has 49 heavy (non-hydrogen) atoms. The zero-order valence-electron chi connectivity index (χ0n) is 27.0. The van der Waals surface area contributed by atoms with Crippen LogP contribution in [-0.2, 0) is 16.0 Å². The molecule has 0 saturated carbocycles. The van der Waals surface area contributed by atoms with Crippen molar-refractivity contribution in [3.05, 3.63) is 200 Å².